The zero-order valence-electron chi connectivity index (χ0n) is 17.5. The first kappa shape index (κ1) is 22.0. The number of aromatic nitrogens is 1. The van der Waals surface area contributed by atoms with Crippen LogP contribution in [0.3, 0.4) is 0 Å². The first-order valence-corrected chi connectivity index (χ1v) is 11.0. The van der Waals surface area contributed by atoms with E-state index in [4.69, 9.17) is 0 Å². The summed E-state index contributed by atoms with van der Waals surface area (Å²) in [5.74, 6) is -0.474. The van der Waals surface area contributed by atoms with Crippen LogP contribution in [0.1, 0.15) is 44.5 Å². The molecule has 2 aromatic rings. The lowest BCUT2D eigenvalue weighted by molar-refractivity contribution is -0.145. The van der Waals surface area contributed by atoms with E-state index in [9.17, 15) is 14.4 Å². The fraction of sp³-hybridized carbons (Fsp3) is 0.391. The molecule has 30 heavy (non-hydrogen) atoms. The summed E-state index contributed by atoms with van der Waals surface area (Å²) < 4.78 is 0. The highest BCUT2D eigenvalue weighted by Crippen LogP contribution is 2.31. The van der Waals surface area contributed by atoms with Crippen LogP contribution in [0.2, 0.25) is 0 Å². The van der Waals surface area contributed by atoms with Gasteiger partial charge in [0.2, 0.25) is 11.8 Å². The first-order chi connectivity index (χ1) is 14.2. The molecule has 1 aromatic carbocycles. The third kappa shape index (κ3) is 5.69. The van der Waals surface area contributed by atoms with Crippen molar-refractivity contribution in [3.63, 3.8) is 0 Å². The molecule has 1 aliphatic rings. The minimum Gasteiger partial charge on any atom is -0.349 e. The molecule has 2 amide bonds. The summed E-state index contributed by atoms with van der Waals surface area (Å²) >= 11 is 1.18. The minimum atomic E-state index is -0.890. The highest BCUT2D eigenvalue weighted by atomic mass is 32.2. The minimum absolute atomic E-state index is 0.0153. The van der Waals surface area contributed by atoms with Gasteiger partial charge in [-0.25, -0.2) is 0 Å². The molecule has 2 heterocycles. The number of carbonyl (C=O) groups is 3. The molecule has 0 unspecified atom stereocenters. The maximum absolute atomic E-state index is 13.5. The van der Waals surface area contributed by atoms with Crippen molar-refractivity contribution < 1.29 is 14.4 Å². The average molecular weight is 426 g/mol. The van der Waals surface area contributed by atoms with Crippen LogP contribution in [0.15, 0.2) is 54.7 Å². The lowest BCUT2D eigenvalue weighted by atomic mass is 10.0. The van der Waals surface area contributed by atoms with E-state index in [-0.39, 0.29) is 29.9 Å². The van der Waals surface area contributed by atoms with Gasteiger partial charge in [0.15, 0.2) is 11.2 Å². The number of carbonyl (C=O) groups excluding carboxylic acids is 3. The van der Waals surface area contributed by atoms with Crippen LogP contribution in [0.25, 0.3) is 0 Å². The summed E-state index contributed by atoms with van der Waals surface area (Å²) in [6.07, 6.45) is 1.82. The number of amides is 2. The molecule has 0 aliphatic carbocycles. The lowest BCUT2D eigenvalue weighted by Gasteiger charge is -2.34. The predicted octanol–water partition coefficient (Wildman–Crippen LogP) is 3.35. The van der Waals surface area contributed by atoms with Crippen molar-refractivity contribution in [3.8, 4) is 0 Å². The first-order valence-electron chi connectivity index (χ1n) is 9.97. The summed E-state index contributed by atoms with van der Waals surface area (Å²) in [5.41, 5.74) is 0.943. The number of hydrogen-bond acceptors (Lipinski definition) is 5. The maximum atomic E-state index is 13.5. The van der Waals surface area contributed by atoms with Gasteiger partial charge in [-0.05, 0) is 38.5 Å². The van der Waals surface area contributed by atoms with Crippen LogP contribution >= 0.6 is 11.8 Å². The average Bonchev–Trinajstić information content (AvgIpc) is 3.13. The molecule has 1 aliphatic heterocycles. The number of pyridine rings is 1. The van der Waals surface area contributed by atoms with Gasteiger partial charge in [-0.2, -0.15) is 0 Å². The van der Waals surface area contributed by atoms with E-state index in [1.807, 2.05) is 51.1 Å². The Kier molecular flexibility index (Phi) is 6.92. The van der Waals surface area contributed by atoms with Crippen molar-refractivity contribution >= 4 is 28.7 Å². The lowest BCUT2D eigenvalue weighted by Crippen LogP contribution is -2.50. The molecule has 1 N–H and O–H groups in total. The standard InChI is InChI=1S/C23H27N3O3S/c1-23(2,3)25-21(28)20(18-11-7-8-12-24-18)26(14-16-9-5-4-6-10-16)22(29)17-13-19(27)30-15-17/h4-12,17,20H,13-15H2,1-3H3,(H,25,28)/t17-,20+/m0/s1. The Morgan fingerprint density at radius 2 is 1.87 bits per heavy atom. The van der Waals surface area contributed by atoms with Gasteiger partial charge in [-0.1, -0.05) is 48.2 Å². The molecule has 1 aromatic heterocycles. The van der Waals surface area contributed by atoms with Gasteiger partial charge in [0, 0.05) is 30.5 Å². The van der Waals surface area contributed by atoms with Crippen molar-refractivity contribution in [1.29, 1.82) is 0 Å². The number of benzene rings is 1. The molecule has 0 radical (unpaired) electrons. The Bertz CT molecular complexity index is 897. The van der Waals surface area contributed by atoms with Crippen molar-refractivity contribution in [2.45, 2.75) is 45.3 Å². The highest BCUT2D eigenvalue weighted by Gasteiger charge is 2.39. The Morgan fingerprint density at radius 3 is 2.43 bits per heavy atom. The zero-order chi connectivity index (χ0) is 21.7. The Balaban J connectivity index is 2.01. The van der Waals surface area contributed by atoms with Gasteiger partial charge >= 0.3 is 0 Å². The molecule has 1 fully saturated rings. The number of nitrogens with zero attached hydrogens (tertiary/aromatic N) is 2. The van der Waals surface area contributed by atoms with E-state index >= 15 is 0 Å². The van der Waals surface area contributed by atoms with Crippen LogP contribution in [0, 0.1) is 5.92 Å². The summed E-state index contributed by atoms with van der Waals surface area (Å²) in [5, 5.41) is 3.01. The fourth-order valence-corrected chi connectivity index (χ4v) is 4.36. The molecular formula is C23H27N3O3S. The summed E-state index contributed by atoms with van der Waals surface area (Å²) in [4.78, 5) is 44.7. The zero-order valence-corrected chi connectivity index (χ0v) is 18.3. The fourth-order valence-electron chi connectivity index (χ4n) is 3.39. The summed E-state index contributed by atoms with van der Waals surface area (Å²) in [6.45, 7) is 5.95. The molecule has 7 heteroatoms. The van der Waals surface area contributed by atoms with Crippen molar-refractivity contribution in [3.05, 3.63) is 66.0 Å². The number of hydrogen-bond donors (Lipinski definition) is 1. The van der Waals surface area contributed by atoms with Crippen molar-refractivity contribution in [1.82, 2.24) is 15.2 Å². The van der Waals surface area contributed by atoms with Gasteiger partial charge in [0.1, 0.15) is 0 Å². The van der Waals surface area contributed by atoms with E-state index < -0.39 is 17.5 Å². The maximum Gasteiger partial charge on any atom is 0.249 e. The van der Waals surface area contributed by atoms with Gasteiger partial charge in [-0.15, -0.1) is 0 Å². The molecule has 3 rings (SSSR count). The normalized spacial score (nSPS) is 17.4. The highest BCUT2D eigenvalue weighted by molar-refractivity contribution is 8.14. The van der Waals surface area contributed by atoms with E-state index in [2.05, 4.69) is 10.3 Å². The van der Waals surface area contributed by atoms with Gasteiger partial charge < -0.3 is 10.2 Å². The Hall–Kier alpha value is -2.67. The molecular weight excluding hydrogens is 398 g/mol. The smallest absolute Gasteiger partial charge is 0.249 e. The molecule has 0 spiro atoms. The SMILES string of the molecule is CC(C)(C)NC(=O)[C@@H](c1ccccn1)N(Cc1ccccc1)C(=O)[C@@H]1CSC(=O)C1. The Morgan fingerprint density at radius 1 is 1.17 bits per heavy atom. The molecule has 0 bridgehead atoms. The topological polar surface area (TPSA) is 79.4 Å². The number of nitrogens with one attached hydrogen (secondary N) is 1. The van der Waals surface area contributed by atoms with E-state index in [1.54, 1.807) is 29.3 Å². The second-order valence-corrected chi connectivity index (χ2v) is 9.51. The van der Waals surface area contributed by atoms with Crippen LogP contribution < -0.4 is 5.32 Å². The van der Waals surface area contributed by atoms with Crippen LogP contribution in [-0.4, -0.2) is 38.1 Å². The van der Waals surface area contributed by atoms with Crippen molar-refractivity contribution in [2.75, 3.05) is 5.75 Å². The van der Waals surface area contributed by atoms with Gasteiger partial charge in [0.25, 0.3) is 0 Å². The van der Waals surface area contributed by atoms with Crippen molar-refractivity contribution in [2.24, 2.45) is 5.92 Å². The second-order valence-electron chi connectivity index (χ2n) is 8.43. The summed E-state index contributed by atoms with van der Waals surface area (Å²) in [6, 6.07) is 14.0. The summed E-state index contributed by atoms with van der Waals surface area (Å²) in [7, 11) is 0. The Labute approximate surface area is 181 Å². The molecule has 0 saturated carbocycles. The third-order valence-electron chi connectivity index (χ3n) is 4.71. The van der Waals surface area contributed by atoms with Gasteiger partial charge in [0.05, 0.1) is 11.6 Å². The number of rotatable bonds is 6. The molecule has 2 atom stereocenters. The van der Waals surface area contributed by atoms with E-state index in [0.717, 1.165) is 5.56 Å². The van der Waals surface area contributed by atoms with Gasteiger partial charge in [-0.3, -0.25) is 19.4 Å². The predicted molar refractivity (Wildman–Crippen MR) is 117 cm³/mol. The quantitative estimate of drug-likeness (QED) is 0.768. The third-order valence-corrected chi connectivity index (χ3v) is 5.77. The van der Waals surface area contributed by atoms with Crippen LogP contribution in [0.5, 0.6) is 0 Å². The molecule has 6 nitrogen and oxygen atoms in total. The molecule has 1 saturated heterocycles. The van der Waals surface area contributed by atoms with Crippen LogP contribution in [0.4, 0.5) is 0 Å². The largest absolute Gasteiger partial charge is 0.349 e. The van der Waals surface area contributed by atoms with E-state index in [0.29, 0.717) is 11.4 Å². The van der Waals surface area contributed by atoms with Crippen LogP contribution in [-0.2, 0) is 20.9 Å². The monoisotopic (exact) mass is 425 g/mol. The second kappa shape index (κ2) is 9.43. The van der Waals surface area contributed by atoms with E-state index in [1.165, 1.54) is 11.8 Å². The molecule has 158 valence electrons. The number of thioether (sulfide) groups is 1.